The Labute approximate surface area is 221 Å². The van der Waals surface area contributed by atoms with Crippen molar-refractivity contribution in [2.24, 2.45) is 0 Å². The lowest BCUT2D eigenvalue weighted by Gasteiger charge is -2.26. The molecule has 0 saturated carbocycles. The number of methoxy groups -OCH3 is 1. The third kappa shape index (κ3) is 5.39. The monoisotopic (exact) mass is 521 g/mol. The van der Waals surface area contributed by atoms with Gasteiger partial charge in [0.05, 0.1) is 24.3 Å². The van der Waals surface area contributed by atoms with E-state index < -0.39 is 23.5 Å². The molecule has 1 aliphatic rings. The Morgan fingerprint density at radius 1 is 1.03 bits per heavy atom. The maximum atomic E-state index is 13.8. The topological polar surface area (TPSA) is 66.8 Å². The lowest BCUT2D eigenvalue weighted by atomic mass is 9.85. The van der Waals surface area contributed by atoms with Gasteiger partial charge in [0.2, 0.25) is 0 Å². The summed E-state index contributed by atoms with van der Waals surface area (Å²) in [7, 11) is 1.48. The van der Waals surface area contributed by atoms with Crippen LogP contribution in [0, 0.1) is 5.82 Å². The molecule has 37 heavy (non-hydrogen) atoms. The lowest BCUT2D eigenvalue weighted by Crippen LogP contribution is -2.31. The van der Waals surface area contributed by atoms with Crippen LogP contribution in [0.3, 0.4) is 0 Å². The predicted octanol–water partition coefficient (Wildman–Crippen LogP) is 6.45. The van der Waals surface area contributed by atoms with Crippen molar-refractivity contribution in [3.63, 3.8) is 0 Å². The fraction of sp³-hybridized carbons (Fsp3) is 0.267. The average molecular weight is 522 g/mol. The van der Waals surface area contributed by atoms with Crippen molar-refractivity contribution in [1.82, 2.24) is 4.90 Å². The van der Waals surface area contributed by atoms with Crippen LogP contribution in [0.5, 0.6) is 5.75 Å². The van der Waals surface area contributed by atoms with Gasteiger partial charge in [0.1, 0.15) is 17.3 Å². The van der Waals surface area contributed by atoms with Crippen LogP contribution in [-0.2, 0) is 21.4 Å². The second-order valence-corrected chi connectivity index (χ2v) is 10.5. The number of nitrogens with zero attached hydrogens (tertiary/aromatic N) is 1. The summed E-state index contributed by atoms with van der Waals surface area (Å²) in [5.41, 5.74) is 2.40. The SMILES string of the molecule is COc1ccc(C(C)(C)C)cc1/C(O)=C1\C(=O)C(=O)N(CCc2ccc(Cl)cc2)C1c1ccc(F)cc1. The first-order valence-electron chi connectivity index (χ1n) is 12.0. The minimum Gasteiger partial charge on any atom is -0.507 e. The molecule has 0 aliphatic carbocycles. The maximum Gasteiger partial charge on any atom is 0.295 e. The average Bonchev–Trinajstić information content (AvgIpc) is 3.12. The molecule has 4 rings (SSSR count). The van der Waals surface area contributed by atoms with E-state index in [9.17, 15) is 19.1 Å². The molecule has 1 amide bonds. The van der Waals surface area contributed by atoms with Gasteiger partial charge in [0, 0.05) is 11.6 Å². The van der Waals surface area contributed by atoms with E-state index >= 15 is 0 Å². The zero-order chi connectivity index (χ0) is 26.9. The van der Waals surface area contributed by atoms with E-state index in [-0.39, 0.29) is 23.3 Å². The van der Waals surface area contributed by atoms with Gasteiger partial charge in [0.15, 0.2) is 0 Å². The minimum absolute atomic E-state index is 0.0583. The molecule has 1 fully saturated rings. The highest BCUT2D eigenvalue weighted by Gasteiger charge is 2.46. The molecule has 1 heterocycles. The van der Waals surface area contributed by atoms with Crippen molar-refractivity contribution in [1.29, 1.82) is 0 Å². The van der Waals surface area contributed by atoms with Gasteiger partial charge in [-0.2, -0.15) is 0 Å². The molecule has 1 atom stereocenters. The zero-order valence-corrected chi connectivity index (χ0v) is 22.0. The molecule has 0 spiro atoms. The molecule has 0 bridgehead atoms. The van der Waals surface area contributed by atoms with Crippen molar-refractivity contribution in [2.45, 2.75) is 38.6 Å². The van der Waals surface area contributed by atoms with Crippen LogP contribution in [-0.4, -0.2) is 35.4 Å². The van der Waals surface area contributed by atoms with Crippen molar-refractivity contribution >= 4 is 29.1 Å². The summed E-state index contributed by atoms with van der Waals surface area (Å²) >= 11 is 5.99. The molecular formula is C30H29ClFNO4. The molecule has 1 unspecified atom stereocenters. The van der Waals surface area contributed by atoms with Gasteiger partial charge in [-0.05, 0) is 64.9 Å². The molecule has 1 saturated heterocycles. The van der Waals surface area contributed by atoms with Gasteiger partial charge < -0.3 is 14.7 Å². The summed E-state index contributed by atoms with van der Waals surface area (Å²) in [4.78, 5) is 28.1. The second-order valence-electron chi connectivity index (χ2n) is 10.1. The van der Waals surface area contributed by atoms with E-state index in [1.807, 2.05) is 39.0 Å². The number of ketones is 1. The minimum atomic E-state index is -0.893. The van der Waals surface area contributed by atoms with E-state index in [0.717, 1.165) is 11.1 Å². The number of aliphatic hydroxyl groups is 1. The standard InChI is InChI=1S/C30H29ClFNO4/c1-30(2,3)20-9-14-24(37-4)23(17-20)27(34)25-26(19-7-12-22(32)13-8-19)33(29(36)28(25)35)16-15-18-5-10-21(31)11-6-18/h5-14,17,26,34H,15-16H2,1-4H3/b27-25+. The Morgan fingerprint density at radius 3 is 2.27 bits per heavy atom. The third-order valence-corrected chi connectivity index (χ3v) is 6.85. The van der Waals surface area contributed by atoms with Gasteiger partial charge in [-0.1, -0.05) is 62.7 Å². The maximum absolute atomic E-state index is 13.8. The van der Waals surface area contributed by atoms with Crippen molar-refractivity contribution < 1.29 is 23.8 Å². The van der Waals surface area contributed by atoms with Crippen LogP contribution >= 0.6 is 11.6 Å². The van der Waals surface area contributed by atoms with E-state index in [2.05, 4.69) is 0 Å². The summed E-state index contributed by atoms with van der Waals surface area (Å²) < 4.78 is 19.3. The van der Waals surface area contributed by atoms with Gasteiger partial charge in [-0.3, -0.25) is 9.59 Å². The number of ether oxygens (including phenoxy) is 1. The fourth-order valence-electron chi connectivity index (χ4n) is 4.51. The number of rotatable bonds is 6. The van der Waals surface area contributed by atoms with Crippen LogP contribution in [0.4, 0.5) is 4.39 Å². The highest BCUT2D eigenvalue weighted by atomic mass is 35.5. The van der Waals surface area contributed by atoms with E-state index in [0.29, 0.717) is 28.3 Å². The first-order valence-corrected chi connectivity index (χ1v) is 12.4. The fourth-order valence-corrected chi connectivity index (χ4v) is 4.63. The zero-order valence-electron chi connectivity index (χ0n) is 21.2. The largest absolute Gasteiger partial charge is 0.507 e. The molecule has 5 nitrogen and oxygen atoms in total. The predicted molar refractivity (Wildman–Crippen MR) is 142 cm³/mol. The number of Topliss-reactive ketones (excluding diaryl/α,β-unsaturated/α-hetero) is 1. The Bertz CT molecular complexity index is 1360. The molecular weight excluding hydrogens is 493 g/mol. The van der Waals surface area contributed by atoms with Gasteiger partial charge in [0.25, 0.3) is 11.7 Å². The van der Waals surface area contributed by atoms with Crippen molar-refractivity contribution in [2.75, 3.05) is 13.7 Å². The Hall–Kier alpha value is -3.64. The summed E-state index contributed by atoms with van der Waals surface area (Å²) in [6, 6.07) is 17.3. The van der Waals surface area contributed by atoms with Crippen LogP contribution < -0.4 is 4.74 Å². The number of hydrogen-bond acceptors (Lipinski definition) is 4. The van der Waals surface area contributed by atoms with E-state index in [4.69, 9.17) is 16.3 Å². The van der Waals surface area contributed by atoms with Crippen LogP contribution in [0.2, 0.25) is 5.02 Å². The summed E-state index contributed by atoms with van der Waals surface area (Å²) in [6.07, 6.45) is 0.463. The van der Waals surface area contributed by atoms with Gasteiger partial charge in [-0.25, -0.2) is 4.39 Å². The highest BCUT2D eigenvalue weighted by Crippen LogP contribution is 2.42. The first kappa shape index (κ1) is 26.4. The van der Waals surface area contributed by atoms with E-state index in [1.54, 1.807) is 24.3 Å². The summed E-state index contributed by atoms with van der Waals surface area (Å²) in [5, 5.41) is 12.1. The molecule has 0 radical (unpaired) electrons. The second kappa shape index (κ2) is 10.4. The molecule has 1 aliphatic heterocycles. The number of halogens is 2. The normalized spacial score (nSPS) is 17.4. The van der Waals surface area contributed by atoms with Crippen LogP contribution in [0.25, 0.3) is 5.76 Å². The lowest BCUT2D eigenvalue weighted by molar-refractivity contribution is -0.139. The van der Waals surface area contributed by atoms with E-state index in [1.165, 1.54) is 36.3 Å². The first-order chi connectivity index (χ1) is 17.5. The molecule has 3 aromatic carbocycles. The number of benzene rings is 3. The number of likely N-dealkylation sites (tertiary alicyclic amines) is 1. The summed E-state index contributed by atoms with van der Waals surface area (Å²) in [6.45, 7) is 6.32. The molecule has 192 valence electrons. The number of aliphatic hydroxyl groups excluding tert-OH is 1. The smallest absolute Gasteiger partial charge is 0.295 e. The summed E-state index contributed by atoms with van der Waals surface area (Å²) in [5.74, 6) is -1.93. The third-order valence-electron chi connectivity index (χ3n) is 6.60. The van der Waals surface area contributed by atoms with Crippen molar-refractivity contribution in [3.8, 4) is 5.75 Å². The molecule has 3 aromatic rings. The van der Waals surface area contributed by atoms with Gasteiger partial charge in [-0.15, -0.1) is 0 Å². The molecule has 1 N–H and O–H groups in total. The quantitative estimate of drug-likeness (QED) is 0.230. The number of carbonyl (C=O) groups is 2. The van der Waals surface area contributed by atoms with Crippen LogP contribution in [0.1, 0.15) is 49.1 Å². The Morgan fingerprint density at radius 2 is 1.68 bits per heavy atom. The number of carbonyl (C=O) groups excluding carboxylic acids is 2. The number of amides is 1. The Balaban J connectivity index is 1.84. The van der Waals surface area contributed by atoms with Gasteiger partial charge >= 0.3 is 0 Å². The Kier molecular flexibility index (Phi) is 7.42. The molecule has 0 aromatic heterocycles. The van der Waals surface area contributed by atoms with Crippen LogP contribution in [0.15, 0.2) is 72.3 Å². The highest BCUT2D eigenvalue weighted by molar-refractivity contribution is 6.46. The van der Waals surface area contributed by atoms with Crippen molar-refractivity contribution in [3.05, 3.63) is 105 Å². The number of hydrogen-bond donors (Lipinski definition) is 1. The molecule has 7 heteroatoms.